The fourth-order valence-corrected chi connectivity index (χ4v) is 3.92. The number of carbonyl (C=O) groups is 1. The number of aryl methyl sites for hydroxylation is 1. The minimum atomic E-state index is -0.251. The van der Waals surface area contributed by atoms with Crippen molar-refractivity contribution in [3.8, 4) is 0 Å². The number of benzene rings is 1. The molecule has 0 bridgehead atoms. The summed E-state index contributed by atoms with van der Waals surface area (Å²) in [6, 6.07) is 13.9. The molecule has 0 saturated heterocycles. The summed E-state index contributed by atoms with van der Waals surface area (Å²) in [5.74, 6) is 0.544. The first-order valence-corrected chi connectivity index (χ1v) is 10.0. The van der Waals surface area contributed by atoms with Gasteiger partial charge in [0, 0.05) is 21.9 Å². The quantitative estimate of drug-likeness (QED) is 0.483. The molecular weight excluding hydrogens is 366 g/mol. The molecule has 0 aliphatic heterocycles. The van der Waals surface area contributed by atoms with Crippen molar-refractivity contribution >= 4 is 29.0 Å². The second kappa shape index (κ2) is 8.82. The first-order valence-electron chi connectivity index (χ1n) is 8.17. The maximum absolute atomic E-state index is 12.4. The summed E-state index contributed by atoms with van der Waals surface area (Å²) in [7, 11) is 0. The van der Waals surface area contributed by atoms with Crippen LogP contribution in [0.5, 0.6) is 0 Å². The van der Waals surface area contributed by atoms with Gasteiger partial charge in [-0.1, -0.05) is 48.2 Å². The predicted octanol–water partition coefficient (Wildman–Crippen LogP) is 3.29. The van der Waals surface area contributed by atoms with Crippen molar-refractivity contribution < 1.29 is 4.79 Å². The molecule has 0 unspecified atom stereocenters. The Balaban J connectivity index is 1.61. The maximum atomic E-state index is 12.4. The minimum Gasteiger partial charge on any atom is -0.351 e. The van der Waals surface area contributed by atoms with Crippen molar-refractivity contribution in [3.05, 3.63) is 79.9 Å². The molecule has 0 atom stereocenters. The van der Waals surface area contributed by atoms with E-state index in [0.29, 0.717) is 23.0 Å². The Labute approximate surface area is 159 Å². The van der Waals surface area contributed by atoms with Gasteiger partial charge in [-0.25, -0.2) is 4.98 Å². The topological polar surface area (TPSA) is 74.8 Å². The van der Waals surface area contributed by atoms with Gasteiger partial charge in [-0.3, -0.25) is 9.59 Å². The molecule has 2 aromatic heterocycles. The third-order valence-corrected chi connectivity index (χ3v) is 5.62. The van der Waals surface area contributed by atoms with Crippen LogP contribution >= 0.6 is 23.1 Å². The van der Waals surface area contributed by atoms with Crippen LogP contribution in [0.1, 0.15) is 21.7 Å². The number of rotatable bonds is 7. The van der Waals surface area contributed by atoms with E-state index in [9.17, 15) is 9.59 Å². The summed E-state index contributed by atoms with van der Waals surface area (Å²) >= 11 is 3.06. The van der Waals surface area contributed by atoms with E-state index < -0.39 is 0 Å². The Morgan fingerprint density at radius 3 is 2.73 bits per heavy atom. The lowest BCUT2D eigenvalue weighted by atomic mass is 10.1. The minimum absolute atomic E-state index is 0.0309. The van der Waals surface area contributed by atoms with Crippen molar-refractivity contribution in [1.29, 1.82) is 0 Å². The highest BCUT2D eigenvalue weighted by molar-refractivity contribution is 7.98. The normalized spacial score (nSPS) is 10.7. The summed E-state index contributed by atoms with van der Waals surface area (Å²) in [4.78, 5) is 32.8. The zero-order valence-corrected chi connectivity index (χ0v) is 16.0. The molecule has 0 aliphatic carbocycles. The highest BCUT2D eigenvalue weighted by Gasteiger charge is 2.13. The molecule has 0 aliphatic rings. The van der Waals surface area contributed by atoms with Crippen molar-refractivity contribution in [2.24, 2.45) is 0 Å². The highest BCUT2D eigenvalue weighted by atomic mass is 32.2. The van der Waals surface area contributed by atoms with Gasteiger partial charge in [0.1, 0.15) is 0 Å². The van der Waals surface area contributed by atoms with Crippen LogP contribution in [0.4, 0.5) is 0 Å². The number of nitrogens with one attached hydrogen (secondary N) is 2. The summed E-state index contributed by atoms with van der Waals surface area (Å²) in [5, 5.41) is 5.37. The highest BCUT2D eigenvalue weighted by Crippen LogP contribution is 2.18. The number of hydrogen-bond donors (Lipinski definition) is 2. The van der Waals surface area contributed by atoms with E-state index in [1.165, 1.54) is 11.8 Å². The number of thioether (sulfide) groups is 1. The Hall–Kier alpha value is -2.38. The van der Waals surface area contributed by atoms with Crippen LogP contribution in [0, 0.1) is 6.92 Å². The number of thiophene rings is 1. The van der Waals surface area contributed by atoms with E-state index in [4.69, 9.17) is 0 Å². The van der Waals surface area contributed by atoms with Crippen molar-refractivity contribution in [3.63, 3.8) is 0 Å². The molecule has 0 fully saturated rings. The fourth-order valence-electron chi connectivity index (χ4n) is 2.41. The van der Waals surface area contributed by atoms with Gasteiger partial charge in [-0.15, -0.1) is 11.3 Å². The number of hydrogen-bond acceptors (Lipinski definition) is 5. The van der Waals surface area contributed by atoms with Crippen molar-refractivity contribution in [2.75, 3.05) is 0 Å². The van der Waals surface area contributed by atoms with Gasteiger partial charge >= 0.3 is 0 Å². The van der Waals surface area contributed by atoms with E-state index in [-0.39, 0.29) is 17.9 Å². The average Bonchev–Trinajstić information content (AvgIpc) is 3.16. The Bertz CT molecular complexity index is 922. The number of aromatic nitrogens is 2. The Morgan fingerprint density at radius 2 is 2.04 bits per heavy atom. The van der Waals surface area contributed by atoms with E-state index >= 15 is 0 Å². The number of H-pyrrole nitrogens is 1. The van der Waals surface area contributed by atoms with E-state index in [0.717, 1.165) is 16.2 Å². The van der Waals surface area contributed by atoms with Crippen molar-refractivity contribution in [2.45, 2.75) is 30.8 Å². The number of carbonyl (C=O) groups excluding carboxylic acids is 1. The fraction of sp³-hybridized carbons (Fsp3) is 0.211. The van der Waals surface area contributed by atoms with Gasteiger partial charge in [-0.05, 0) is 23.9 Å². The molecule has 0 saturated carbocycles. The third-order valence-electron chi connectivity index (χ3n) is 3.80. The standard InChI is InChI=1S/C19H19N3O2S2/c1-13-16(10-17(23)20-11-15-8-5-9-25-15)18(24)22-19(21-13)26-12-14-6-3-2-4-7-14/h2-9H,10-12H2,1H3,(H,20,23)(H,21,22,24). The maximum Gasteiger partial charge on any atom is 0.255 e. The smallest absolute Gasteiger partial charge is 0.255 e. The molecule has 5 nitrogen and oxygen atoms in total. The SMILES string of the molecule is Cc1nc(SCc2ccccc2)[nH]c(=O)c1CC(=O)NCc1cccs1. The molecule has 0 spiro atoms. The van der Waals surface area contributed by atoms with Crippen LogP contribution in [0.3, 0.4) is 0 Å². The largest absolute Gasteiger partial charge is 0.351 e. The van der Waals surface area contributed by atoms with E-state index in [1.807, 2.05) is 47.8 Å². The first kappa shape index (κ1) is 18.4. The summed E-state index contributed by atoms with van der Waals surface area (Å²) in [5.41, 5.74) is 1.92. The molecule has 26 heavy (non-hydrogen) atoms. The molecular formula is C19H19N3O2S2. The Morgan fingerprint density at radius 1 is 1.23 bits per heavy atom. The monoisotopic (exact) mass is 385 g/mol. The van der Waals surface area contributed by atoms with Gasteiger partial charge in [0.15, 0.2) is 5.16 Å². The van der Waals surface area contributed by atoms with Gasteiger partial charge in [0.05, 0.1) is 13.0 Å². The molecule has 3 aromatic rings. The molecule has 7 heteroatoms. The molecule has 2 N–H and O–H groups in total. The lowest BCUT2D eigenvalue weighted by Gasteiger charge is -2.08. The summed E-state index contributed by atoms with van der Waals surface area (Å²) in [6.45, 7) is 2.25. The third kappa shape index (κ3) is 5.06. The second-order valence-electron chi connectivity index (χ2n) is 5.74. The second-order valence-corrected chi connectivity index (χ2v) is 7.74. The average molecular weight is 386 g/mol. The molecule has 3 rings (SSSR count). The zero-order valence-electron chi connectivity index (χ0n) is 14.3. The van der Waals surface area contributed by atoms with Crippen LogP contribution in [0.2, 0.25) is 0 Å². The number of amides is 1. The van der Waals surface area contributed by atoms with Crippen molar-refractivity contribution in [1.82, 2.24) is 15.3 Å². The summed E-state index contributed by atoms with van der Waals surface area (Å²) < 4.78 is 0. The number of aromatic amines is 1. The van der Waals surface area contributed by atoms with E-state index in [2.05, 4.69) is 15.3 Å². The van der Waals surface area contributed by atoms with E-state index in [1.54, 1.807) is 18.3 Å². The van der Waals surface area contributed by atoms with Crippen LogP contribution in [0.25, 0.3) is 0 Å². The predicted molar refractivity (Wildman–Crippen MR) is 105 cm³/mol. The first-order chi connectivity index (χ1) is 12.6. The van der Waals surface area contributed by atoms with Gasteiger partial charge in [-0.2, -0.15) is 0 Å². The lowest BCUT2D eigenvalue weighted by Crippen LogP contribution is -2.28. The molecule has 1 amide bonds. The molecule has 0 radical (unpaired) electrons. The lowest BCUT2D eigenvalue weighted by molar-refractivity contribution is -0.120. The summed E-state index contributed by atoms with van der Waals surface area (Å²) in [6.07, 6.45) is 0.0309. The zero-order chi connectivity index (χ0) is 18.4. The molecule has 2 heterocycles. The van der Waals surface area contributed by atoms with Crippen LogP contribution in [-0.4, -0.2) is 15.9 Å². The van der Waals surface area contributed by atoms with Gasteiger partial charge < -0.3 is 10.3 Å². The Kier molecular flexibility index (Phi) is 6.25. The number of nitrogens with zero attached hydrogens (tertiary/aromatic N) is 1. The van der Waals surface area contributed by atoms with Gasteiger partial charge in [0.25, 0.3) is 5.56 Å². The van der Waals surface area contributed by atoms with Crippen LogP contribution < -0.4 is 10.9 Å². The molecule has 134 valence electrons. The van der Waals surface area contributed by atoms with Gasteiger partial charge in [0.2, 0.25) is 5.91 Å². The molecule has 1 aromatic carbocycles. The van der Waals surface area contributed by atoms with Crippen LogP contribution in [0.15, 0.2) is 57.8 Å². The van der Waals surface area contributed by atoms with Crippen LogP contribution in [-0.2, 0) is 23.5 Å².